The Morgan fingerprint density at radius 3 is 2.43 bits per heavy atom. The van der Waals surface area contributed by atoms with Crippen molar-refractivity contribution in [3.05, 3.63) is 72.4 Å². The number of aromatic amines is 2. The summed E-state index contributed by atoms with van der Waals surface area (Å²) in [6.07, 6.45) is 5.73. The van der Waals surface area contributed by atoms with Gasteiger partial charge in [0, 0.05) is 18.0 Å². The monoisotopic (exact) mass is 731 g/mol. The predicted molar refractivity (Wildman–Crippen MR) is 206 cm³/mol. The Labute approximate surface area is 315 Å². The van der Waals surface area contributed by atoms with Gasteiger partial charge < -0.3 is 29.7 Å². The number of methoxy groups -OCH3 is 1. The van der Waals surface area contributed by atoms with Crippen molar-refractivity contribution in [3.63, 3.8) is 0 Å². The molecule has 3 fully saturated rings. The first-order chi connectivity index (χ1) is 25.9. The number of amides is 3. The minimum absolute atomic E-state index is 0.100. The van der Waals surface area contributed by atoms with Crippen LogP contribution in [0.15, 0.2) is 60.8 Å². The Bertz CT molecular complexity index is 2220. The number of carbonyl (C=O) groups is 3. The Hall–Kier alpha value is -5.39. The number of hydrogen-bond acceptors (Lipinski definition) is 7. The molecule has 3 aliphatic rings. The number of hydrogen-bond donors (Lipinski definition) is 3. The Morgan fingerprint density at radius 1 is 0.926 bits per heavy atom. The van der Waals surface area contributed by atoms with Crippen LogP contribution in [0.1, 0.15) is 90.5 Å². The van der Waals surface area contributed by atoms with E-state index in [9.17, 15) is 14.4 Å². The second-order valence-electron chi connectivity index (χ2n) is 16.4. The standard InChI is InChI=1S/C42H49N7O5/c1-23(2)34(47-40(51)53-6)39(50)48-19-7-8-33(48)37-44-31-18-15-27-20-26(14-17-30(27)35(31)46-37)24-9-11-25(12-10-24)32-22-43-38(45-32)36-28-13-16-29(21-28)49(36)41(52)54-42(3,4)5/h9-12,14-15,17-18,20,22-23,28-29,33-34,36H,7-8,13,16,19,21H2,1-6H3,(H,43,45)(H,44,46)(H,47,51)/t28-,29+,33?,34?,36-/m0/s1. The van der Waals surface area contributed by atoms with E-state index >= 15 is 0 Å². The molecule has 5 aromatic rings. The van der Waals surface area contributed by atoms with Gasteiger partial charge in [0.05, 0.1) is 42.1 Å². The molecule has 2 aromatic heterocycles. The summed E-state index contributed by atoms with van der Waals surface area (Å²) in [6.45, 7) is 10.1. The van der Waals surface area contributed by atoms with Crippen molar-refractivity contribution in [2.45, 2.75) is 96.5 Å². The van der Waals surface area contributed by atoms with Gasteiger partial charge in [-0.25, -0.2) is 19.6 Å². The van der Waals surface area contributed by atoms with E-state index in [1.807, 2.05) is 56.7 Å². The van der Waals surface area contributed by atoms with E-state index in [1.165, 1.54) is 7.11 Å². The molecule has 1 aliphatic carbocycles. The number of piperidine rings is 1. The molecule has 0 spiro atoms. The lowest BCUT2D eigenvalue weighted by atomic mass is 9.98. The Kier molecular flexibility index (Phi) is 9.10. The van der Waals surface area contributed by atoms with Crippen LogP contribution in [0.3, 0.4) is 0 Å². The summed E-state index contributed by atoms with van der Waals surface area (Å²) >= 11 is 0. The van der Waals surface area contributed by atoms with Gasteiger partial charge >= 0.3 is 12.2 Å². The third-order valence-electron chi connectivity index (χ3n) is 11.3. The number of fused-ring (bicyclic) bond motifs is 5. The summed E-state index contributed by atoms with van der Waals surface area (Å²) in [4.78, 5) is 59.5. The first kappa shape index (κ1) is 35.6. The Balaban J connectivity index is 1.00. The minimum atomic E-state index is -0.684. The van der Waals surface area contributed by atoms with E-state index in [4.69, 9.17) is 19.4 Å². The SMILES string of the molecule is COC(=O)NC(C(=O)N1CCCC1c1nc2ccc3cc(-c4ccc(-c5cnc([C@@H]6[C@H]7CC[C@H](C7)N6C(=O)OC(C)(C)C)[nH]5)cc4)ccc3c2[nH]1)C(C)C. The van der Waals surface area contributed by atoms with Crippen LogP contribution < -0.4 is 5.32 Å². The van der Waals surface area contributed by atoms with Gasteiger partial charge in [-0.15, -0.1) is 0 Å². The van der Waals surface area contributed by atoms with E-state index < -0.39 is 17.7 Å². The van der Waals surface area contributed by atoms with E-state index in [0.29, 0.717) is 12.5 Å². The highest BCUT2D eigenvalue weighted by Crippen LogP contribution is 2.50. The zero-order valence-corrected chi connectivity index (χ0v) is 31.8. The van der Waals surface area contributed by atoms with Crippen LogP contribution in [0, 0.1) is 11.8 Å². The lowest BCUT2D eigenvalue weighted by Crippen LogP contribution is -2.51. The lowest BCUT2D eigenvalue weighted by molar-refractivity contribution is -0.135. The number of likely N-dealkylation sites (tertiary alicyclic amines) is 2. The van der Waals surface area contributed by atoms with Gasteiger partial charge in [-0.1, -0.05) is 56.3 Å². The van der Waals surface area contributed by atoms with Crippen molar-refractivity contribution >= 4 is 39.9 Å². The van der Waals surface area contributed by atoms with Crippen LogP contribution in [0.4, 0.5) is 9.59 Å². The number of carbonyl (C=O) groups excluding carboxylic acids is 3. The predicted octanol–water partition coefficient (Wildman–Crippen LogP) is 8.28. The van der Waals surface area contributed by atoms with Gasteiger partial charge in [-0.3, -0.25) is 9.69 Å². The molecule has 3 aromatic carbocycles. The van der Waals surface area contributed by atoms with Crippen molar-refractivity contribution in [1.29, 1.82) is 0 Å². The van der Waals surface area contributed by atoms with Crippen LogP contribution >= 0.6 is 0 Å². The van der Waals surface area contributed by atoms with E-state index in [1.54, 1.807) is 0 Å². The number of nitrogens with zero attached hydrogens (tertiary/aromatic N) is 4. The summed E-state index contributed by atoms with van der Waals surface area (Å²) in [7, 11) is 1.30. The van der Waals surface area contributed by atoms with Crippen LogP contribution in [0.25, 0.3) is 44.2 Å². The molecular weight excluding hydrogens is 683 g/mol. The molecule has 5 atom stereocenters. The lowest BCUT2D eigenvalue weighted by Gasteiger charge is -2.35. The summed E-state index contributed by atoms with van der Waals surface area (Å²) < 4.78 is 10.6. The largest absolute Gasteiger partial charge is 0.453 e. The average Bonchev–Trinajstić information content (AvgIpc) is 4.00. The molecule has 4 heterocycles. The third-order valence-corrected chi connectivity index (χ3v) is 11.3. The summed E-state index contributed by atoms with van der Waals surface area (Å²) in [5, 5.41) is 4.86. The zero-order valence-electron chi connectivity index (χ0n) is 31.8. The summed E-state index contributed by atoms with van der Waals surface area (Å²) in [5.41, 5.74) is 5.37. The smallest absolute Gasteiger partial charge is 0.411 e. The summed E-state index contributed by atoms with van der Waals surface area (Å²) in [5.74, 6) is 1.72. The highest BCUT2D eigenvalue weighted by Gasteiger charge is 2.51. The molecule has 3 amide bonds. The second-order valence-corrected chi connectivity index (χ2v) is 16.4. The van der Waals surface area contributed by atoms with Crippen molar-refractivity contribution in [2.24, 2.45) is 11.8 Å². The molecule has 12 heteroatoms. The van der Waals surface area contributed by atoms with Crippen molar-refractivity contribution in [1.82, 2.24) is 35.1 Å². The molecule has 2 saturated heterocycles. The molecule has 3 N–H and O–H groups in total. The first-order valence-corrected chi connectivity index (χ1v) is 19.1. The topological polar surface area (TPSA) is 146 Å². The number of aromatic nitrogens is 4. The molecule has 12 nitrogen and oxygen atoms in total. The zero-order chi connectivity index (χ0) is 37.9. The van der Waals surface area contributed by atoms with Crippen LogP contribution in [-0.2, 0) is 14.3 Å². The Morgan fingerprint density at radius 2 is 1.69 bits per heavy atom. The van der Waals surface area contributed by atoms with Crippen molar-refractivity contribution in [3.8, 4) is 22.4 Å². The molecule has 0 radical (unpaired) electrons. The van der Waals surface area contributed by atoms with Gasteiger partial charge in [-0.05, 0) is 98.9 Å². The molecule has 282 valence electrons. The second kappa shape index (κ2) is 13.8. The van der Waals surface area contributed by atoms with Gasteiger partial charge in [0.1, 0.15) is 23.3 Å². The van der Waals surface area contributed by atoms with Crippen LogP contribution in [0.5, 0.6) is 0 Å². The number of imidazole rings is 2. The molecular formula is C42H49N7O5. The highest BCUT2D eigenvalue weighted by molar-refractivity contribution is 6.05. The van der Waals surface area contributed by atoms with Crippen molar-refractivity contribution in [2.75, 3.05) is 13.7 Å². The normalized spacial score (nSPS) is 21.7. The molecule has 2 unspecified atom stereocenters. The fraction of sp³-hybridized carbons (Fsp3) is 0.452. The van der Waals surface area contributed by atoms with E-state index in [2.05, 4.69) is 63.8 Å². The van der Waals surface area contributed by atoms with Gasteiger partial charge in [0.25, 0.3) is 0 Å². The van der Waals surface area contributed by atoms with Crippen LogP contribution in [0.2, 0.25) is 0 Å². The van der Waals surface area contributed by atoms with Crippen molar-refractivity contribution < 1.29 is 23.9 Å². The number of benzene rings is 3. The van der Waals surface area contributed by atoms with E-state index in [0.717, 1.165) is 87.9 Å². The number of rotatable bonds is 7. The van der Waals surface area contributed by atoms with Crippen LogP contribution in [-0.4, -0.2) is 79.2 Å². The van der Waals surface area contributed by atoms with Gasteiger partial charge in [0.15, 0.2) is 0 Å². The van der Waals surface area contributed by atoms with Gasteiger partial charge in [0.2, 0.25) is 5.91 Å². The highest BCUT2D eigenvalue weighted by atomic mass is 16.6. The molecule has 8 rings (SSSR count). The molecule has 1 saturated carbocycles. The fourth-order valence-corrected chi connectivity index (χ4v) is 8.75. The first-order valence-electron chi connectivity index (χ1n) is 19.1. The quantitative estimate of drug-likeness (QED) is 0.153. The maximum Gasteiger partial charge on any atom is 0.411 e. The number of nitrogens with one attached hydrogen (secondary N) is 3. The average molecular weight is 732 g/mol. The maximum atomic E-state index is 13.7. The third kappa shape index (κ3) is 6.56. The summed E-state index contributed by atoms with van der Waals surface area (Å²) in [6, 6.07) is 18.2. The fourth-order valence-electron chi connectivity index (χ4n) is 8.75. The maximum absolute atomic E-state index is 13.7. The minimum Gasteiger partial charge on any atom is -0.453 e. The number of ether oxygens (including phenoxy) is 2. The van der Waals surface area contributed by atoms with Gasteiger partial charge in [-0.2, -0.15) is 0 Å². The number of alkyl carbamates (subject to hydrolysis) is 1. The molecule has 54 heavy (non-hydrogen) atoms. The van der Waals surface area contributed by atoms with E-state index in [-0.39, 0.29) is 36.0 Å². The number of H-pyrrole nitrogens is 2. The molecule has 2 aliphatic heterocycles. The molecule has 2 bridgehead atoms.